The quantitative estimate of drug-likeness (QED) is 0.457. The van der Waals surface area contributed by atoms with Gasteiger partial charge in [0.2, 0.25) is 0 Å². The van der Waals surface area contributed by atoms with Crippen molar-refractivity contribution in [2.24, 2.45) is 5.92 Å². The van der Waals surface area contributed by atoms with Crippen molar-refractivity contribution in [3.05, 3.63) is 0 Å². The first kappa shape index (κ1) is 19.7. The fourth-order valence-electron chi connectivity index (χ4n) is 2.25. The molecule has 21 heavy (non-hydrogen) atoms. The number of carbonyl (C=O) groups excluding carboxylic acids is 2. The van der Waals surface area contributed by atoms with E-state index in [2.05, 4.69) is 6.92 Å². The van der Waals surface area contributed by atoms with Gasteiger partial charge in [0.05, 0.1) is 13.2 Å². The highest BCUT2D eigenvalue weighted by Gasteiger charge is 2.34. The Labute approximate surface area is 129 Å². The van der Waals surface area contributed by atoms with Crippen molar-refractivity contribution < 1.29 is 19.1 Å². The summed E-state index contributed by atoms with van der Waals surface area (Å²) in [5, 5.41) is 0. The van der Waals surface area contributed by atoms with E-state index in [0.29, 0.717) is 19.8 Å². The highest BCUT2D eigenvalue weighted by molar-refractivity contribution is 5.81. The molecule has 0 fully saturated rings. The van der Waals surface area contributed by atoms with Gasteiger partial charge in [-0.3, -0.25) is 4.90 Å². The number of hydrogen-bond donors (Lipinski definition) is 0. The third-order valence-electron chi connectivity index (χ3n) is 3.25. The van der Waals surface area contributed by atoms with Crippen LogP contribution in [0.1, 0.15) is 60.3 Å². The first-order valence-corrected chi connectivity index (χ1v) is 8.09. The summed E-state index contributed by atoms with van der Waals surface area (Å²) in [6, 6.07) is -0.578. The van der Waals surface area contributed by atoms with Gasteiger partial charge in [-0.05, 0) is 26.2 Å². The Morgan fingerprint density at radius 2 is 1.57 bits per heavy atom. The Morgan fingerprint density at radius 1 is 0.952 bits per heavy atom. The van der Waals surface area contributed by atoms with Crippen molar-refractivity contribution in [3.8, 4) is 0 Å². The monoisotopic (exact) mass is 301 g/mol. The van der Waals surface area contributed by atoms with Crippen molar-refractivity contribution in [1.29, 1.82) is 0 Å². The highest BCUT2D eigenvalue weighted by atomic mass is 16.6. The number of carbonyl (C=O) groups is 2. The fraction of sp³-hybridized carbons (Fsp3) is 0.875. The summed E-state index contributed by atoms with van der Waals surface area (Å²) in [6.45, 7) is 10.7. The number of amides is 1. The van der Waals surface area contributed by atoms with Crippen LogP contribution in [0.2, 0.25) is 0 Å². The minimum atomic E-state index is -0.578. The number of nitrogens with zero attached hydrogens (tertiary/aromatic N) is 1. The van der Waals surface area contributed by atoms with Crippen molar-refractivity contribution in [2.75, 3.05) is 19.8 Å². The molecule has 0 N–H and O–H groups in total. The predicted octanol–water partition coefficient (Wildman–Crippen LogP) is 3.61. The standard InChI is InChI=1S/C16H31NO4/c1-6-9-10-11-12-17(16(19)21-8-3)14(13(4)5)15(18)20-7-2/h13-14H,6-12H2,1-5H3. The zero-order valence-electron chi connectivity index (χ0n) is 14.2. The van der Waals surface area contributed by atoms with Gasteiger partial charge in [-0.1, -0.05) is 40.0 Å². The Kier molecular flexibility index (Phi) is 10.7. The summed E-state index contributed by atoms with van der Waals surface area (Å²) in [5.74, 6) is -0.365. The minimum absolute atomic E-state index is 0.0142. The summed E-state index contributed by atoms with van der Waals surface area (Å²) in [7, 11) is 0. The molecule has 5 nitrogen and oxygen atoms in total. The molecule has 124 valence electrons. The van der Waals surface area contributed by atoms with Crippen LogP contribution in [-0.2, 0) is 14.3 Å². The first-order valence-electron chi connectivity index (χ1n) is 8.09. The molecule has 0 saturated carbocycles. The van der Waals surface area contributed by atoms with E-state index in [4.69, 9.17) is 9.47 Å². The topological polar surface area (TPSA) is 55.8 Å². The molecule has 1 amide bonds. The average molecular weight is 301 g/mol. The van der Waals surface area contributed by atoms with Gasteiger partial charge in [0, 0.05) is 6.54 Å². The van der Waals surface area contributed by atoms with Crippen LogP contribution in [0, 0.1) is 5.92 Å². The molecular weight excluding hydrogens is 270 g/mol. The van der Waals surface area contributed by atoms with E-state index in [0.717, 1.165) is 25.7 Å². The second kappa shape index (κ2) is 11.4. The van der Waals surface area contributed by atoms with Crippen LogP contribution < -0.4 is 0 Å². The van der Waals surface area contributed by atoms with Crippen LogP contribution in [-0.4, -0.2) is 42.8 Å². The van der Waals surface area contributed by atoms with Gasteiger partial charge in [0.1, 0.15) is 6.04 Å². The Balaban J connectivity index is 4.92. The summed E-state index contributed by atoms with van der Waals surface area (Å²) in [5.41, 5.74) is 0. The van der Waals surface area contributed by atoms with Crippen LogP contribution in [0.5, 0.6) is 0 Å². The molecule has 0 aliphatic rings. The zero-order valence-corrected chi connectivity index (χ0v) is 14.2. The maximum absolute atomic E-state index is 12.2. The summed E-state index contributed by atoms with van der Waals surface area (Å²) >= 11 is 0. The predicted molar refractivity (Wildman–Crippen MR) is 83.1 cm³/mol. The van der Waals surface area contributed by atoms with E-state index in [-0.39, 0.29) is 11.9 Å². The lowest BCUT2D eigenvalue weighted by Crippen LogP contribution is -2.49. The molecular formula is C16H31NO4. The van der Waals surface area contributed by atoms with Crippen LogP contribution in [0.15, 0.2) is 0 Å². The average Bonchev–Trinajstić information content (AvgIpc) is 2.42. The zero-order chi connectivity index (χ0) is 16.3. The number of esters is 1. The molecule has 0 aromatic rings. The van der Waals surface area contributed by atoms with Crippen molar-refractivity contribution >= 4 is 12.1 Å². The fourth-order valence-corrected chi connectivity index (χ4v) is 2.25. The molecule has 1 unspecified atom stereocenters. The normalized spacial score (nSPS) is 12.1. The highest BCUT2D eigenvalue weighted by Crippen LogP contribution is 2.16. The number of hydrogen-bond acceptors (Lipinski definition) is 4. The number of unbranched alkanes of at least 4 members (excludes halogenated alkanes) is 3. The molecule has 0 aromatic heterocycles. The second-order valence-corrected chi connectivity index (χ2v) is 5.39. The number of ether oxygens (including phenoxy) is 2. The molecule has 0 heterocycles. The molecule has 0 aliphatic heterocycles. The van der Waals surface area contributed by atoms with Crippen LogP contribution in [0.25, 0.3) is 0 Å². The van der Waals surface area contributed by atoms with Gasteiger partial charge in [0.25, 0.3) is 0 Å². The maximum Gasteiger partial charge on any atom is 0.410 e. The van der Waals surface area contributed by atoms with E-state index < -0.39 is 12.1 Å². The molecule has 0 bridgehead atoms. The Morgan fingerprint density at radius 3 is 2.05 bits per heavy atom. The van der Waals surface area contributed by atoms with Crippen molar-refractivity contribution in [2.45, 2.75) is 66.3 Å². The van der Waals surface area contributed by atoms with E-state index in [1.54, 1.807) is 13.8 Å². The lowest BCUT2D eigenvalue weighted by molar-refractivity contribution is -0.150. The van der Waals surface area contributed by atoms with Gasteiger partial charge in [0.15, 0.2) is 0 Å². The van der Waals surface area contributed by atoms with Gasteiger partial charge >= 0.3 is 12.1 Å². The molecule has 0 aliphatic carbocycles. The van der Waals surface area contributed by atoms with Gasteiger partial charge in [-0.25, -0.2) is 9.59 Å². The second-order valence-electron chi connectivity index (χ2n) is 5.39. The molecule has 0 rings (SSSR count). The molecule has 0 spiro atoms. The third kappa shape index (κ3) is 7.34. The molecule has 0 aromatic carbocycles. The minimum Gasteiger partial charge on any atom is -0.464 e. The summed E-state index contributed by atoms with van der Waals surface area (Å²) in [6.07, 6.45) is 3.74. The lowest BCUT2D eigenvalue weighted by atomic mass is 10.0. The van der Waals surface area contributed by atoms with E-state index in [1.807, 2.05) is 13.8 Å². The third-order valence-corrected chi connectivity index (χ3v) is 3.25. The van der Waals surface area contributed by atoms with Crippen LogP contribution in [0.4, 0.5) is 4.79 Å². The van der Waals surface area contributed by atoms with E-state index >= 15 is 0 Å². The van der Waals surface area contributed by atoms with E-state index in [9.17, 15) is 9.59 Å². The summed E-state index contributed by atoms with van der Waals surface area (Å²) < 4.78 is 10.2. The molecule has 0 radical (unpaired) electrons. The number of rotatable bonds is 10. The van der Waals surface area contributed by atoms with Crippen LogP contribution in [0.3, 0.4) is 0 Å². The van der Waals surface area contributed by atoms with Gasteiger partial charge in [-0.15, -0.1) is 0 Å². The largest absolute Gasteiger partial charge is 0.464 e. The van der Waals surface area contributed by atoms with Gasteiger partial charge in [-0.2, -0.15) is 0 Å². The Bertz CT molecular complexity index is 305. The first-order chi connectivity index (χ1) is 9.99. The summed E-state index contributed by atoms with van der Waals surface area (Å²) in [4.78, 5) is 25.8. The lowest BCUT2D eigenvalue weighted by Gasteiger charge is -2.31. The molecule has 0 saturated heterocycles. The SMILES string of the molecule is CCCCCCN(C(=O)OCC)C(C(=O)OCC)C(C)C. The van der Waals surface area contributed by atoms with Crippen molar-refractivity contribution in [1.82, 2.24) is 4.90 Å². The van der Waals surface area contributed by atoms with Gasteiger partial charge < -0.3 is 9.47 Å². The van der Waals surface area contributed by atoms with E-state index in [1.165, 1.54) is 4.90 Å². The molecule has 5 heteroatoms. The van der Waals surface area contributed by atoms with Crippen molar-refractivity contribution in [3.63, 3.8) is 0 Å². The molecule has 1 atom stereocenters. The van der Waals surface area contributed by atoms with Crippen LogP contribution >= 0.6 is 0 Å². The maximum atomic E-state index is 12.2. The Hall–Kier alpha value is -1.26. The smallest absolute Gasteiger partial charge is 0.410 e.